The lowest BCUT2D eigenvalue weighted by atomic mass is 9.97. The summed E-state index contributed by atoms with van der Waals surface area (Å²) < 4.78 is 2.18. The zero-order chi connectivity index (χ0) is 16.5. The van der Waals surface area contributed by atoms with Crippen LogP contribution in [0, 0.1) is 6.92 Å². The summed E-state index contributed by atoms with van der Waals surface area (Å²) >= 11 is 0. The van der Waals surface area contributed by atoms with E-state index in [0.29, 0.717) is 0 Å². The molecule has 0 spiro atoms. The Balaban J connectivity index is 2.06. The molecule has 0 saturated heterocycles. The molecule has 0 fully saturated rings. The van der Waals surface area contributed by atoms with Crippen molar-refractivity contribution in [3.8, 4) is 22.6 Å². The van der Waals surface area contributed by atoms with Gasteiger partial charge in [-0.25, -0.2) is 14.5 Å². The Morgan fingerprint density at radius 1 is 0.750 bits per heavy atom. The van der Waals surface area contributed by atoms with Crippen LogP contribution in [0.4, 0.5) is 0 Å². The molecule has 0 radical (unpaired) electrons. The third-order valence-electron chi connectivity index (χ3n) is 4.39. The summed E-state index contributed by atoms with van der Waals surface area (Å²) in [6, 6.07) is 18.8. The fourth-order valence-electron chi connectivity index (χ4n) is 3.21. The molecule has 0 bridgehead atoms. The second kappa shape index (κ2) is 5.85. The lowest BCUT2D eigenvalue weighted by Gasteiger charge is -2.10. The SMILES string of the molecule is Cc1ccccc1-c1c2cccc(-c3ncccn3)c2cc[n+]1C. The highest BCUT2D eigenvalue weighted by atomic mass is 14.9. The number of hydrogen-bond donors (Lipinski definition) is 0. The predicted octanol–water partition coefficient (Wildman–Crippen LogP) is 4.10. The highest BCUT2D eigenvalue weighted by Crippen LogP contribution is 2.32. The summed E-state index contributed by atoms with van der Waals surface area (Å²) in [6.45, 7) is 2.15. The first-order chi connectivity index (χ1) is 11.8. The predicted molar refractivity (Wildman–Crippen MR) is 96.3 cm³/mol. The third-order valence-corrected chi connectivity index (χ3v) is 4.39. The van der Waals surface area contributed by atoms with Gasteiger partial charge < -0.3 is 0 Å². The quantitative estimate of drug-likeness (QED) is 0.522. The minimum Gasteiger partial charge on any atom is -0.237 e. The highest BCUT2D eigenvalue weighted by Gasteiger charge is 2.18. The number of pyridine rings is 1. The van der Waals surface area contributed by atoms with Gasteiger partial charge in [-0.15, -0.1) is 0 Å². The Morgan fingerprint density at radius 3 is 2.29 bits per heavy atom. The molecule has 0 aliphatic rings. The van der Waals surface area contributed by atoms with Gasteiger partial charge in [0.1, 0.15) is 7.05 Å². The summed E-state index contributed by atoms with van der Waals surface area (Å²) in [4.78, 5) is 8.85. The van der Waals surface area contributed by atoms with Crippen LogP contribution in [0.25, 0.3) is 33.4 Å². The van der Waals surface area contributed by atoms with Gasteiger partial charge in [-0.3, -0.25) is 0 Å². The Morgan fingerprint density at radius 2 is 1.50 bits per heavy atom. The van der Waals surface area contributed by atoms with Crippen LogP contribution >= 0.6 is 0 Å². The van der Waals surface area contributed by atoms with Crippen LogP contribution < -0.4 is 4.57 Å². The zero-order valence-corrected chi connectivity index (χ0v) is 13.8. The van der Waals surface area contributed by atoms with Gasteiger partial charge in [0.25, 0.3) is 0 Å². The molecule has 0 aliphatic carbocycles. The van der Waals surface area contributed by atoms with Crippen LogP contribution in [0.3, 0.4) is 0 Å². The van der Waals surface area contributed by atoms with Crippen LogP contribution in [-0.4, -0.2) is 9.97 Å². The fraction of sp³-hybridized carbons (Fsp3) is 0.0952. The molecule has 3 heteroatoms. The summed E-state index contributed by atoms with van der Waals surface area (Å²) in [5, 5.41) is 2.37. The highest BCUT2D eigenvalue weighted by molar-refractivity contribution is 6.01. The molecule has 2 aromatic heterocycles. The number of hydrogen-bond acceptors (Lipinski definition) is 2. The van der Waals surface area contributed by atoms with E-state index in [1.54, 1.807) is 12.4 Å². The molecule has 0 N–H and O–H groups in total. The maximum absolute atomic E-state index is 4.42. The molecule has 0 saturated carbocycles. The molecular formula is C21H18N3+. The Hall–Kier alpha value is -3.07. The molecule has 0 amide bonds. The molecule has 2 heterocycles. The molecule has 3 nitrogen and oxygen atoms in total. The first-order valence-corrected chi connectivity index (χ1v) is 8.00. The van der Waals surface area contributed by atoms with E-state index in [1.165, 1.54) is 27.6 Å². The maximum atomic E-state index is 4.42. The van der Waals surface area contributed by atoms with E-state index in [-0.39, 0.29) is 0 Å². The van der Waals surface area contributed by atoms with E-state index in [1.807, 2.05) is 6.07 Å². The number of fused-ring (bicyclic) bond motifs is 1. The van der Waals surface area contributed by atoms with Crippen molar-refractivity contribution in [1.82, 2.24) is 9.97 Å². The first-order valence-electron chi connectivity index (χ1n) is 8.00. The van der Waals surface area contributed by atoms with E-state index >= 15 is 0 Å². The van der Waals surface area contributed by atoms with Gasteiger partial charge in [-0.05, 0) is 30.7 Å². The number of rotatable bonds is 2. The molecule has 4 aromatic rings. The first kappa shape index (κ1) is 14.5. The van der Waals surface area contributed by atoms with Crippen molar-refractivity contribution in [2.75, 3.05) is 0 Å². The summed E-state index contributed by atoms with van der Waals surface area (Å²) in [6.07, 6.45) is 5.68. The van der Waals surface area contributed by atoms with Crippen molar-refractivity contribution >= 4 is 10.8 Å². The lowest BCUT2D eigenvalue weighted by Crippen LogP contribution is -2.30. The molecule has 0 unspecified atom stereocenters. The number of aryl methyl sites for hydroxylation is 2. The fourth-order valence-corrected chi connectivity index (χ4v) is 3.21. The smallest absolute Gasteiger partial charge is 0.220 e. The average molecular weight is 312 g/mol. The topological polar surface area (TPSA) is 29.7 Å². The minimum absolute atomic E-state index is 0.757. The van der Waals surface area contributed by atoms with Crippen molar-refractivity contribution in [2.45, 2.75) is 6.92 Å². The number of nitrogens with zero attached hydrogens (tertiary/aromatic N) is 3. The van der Waals surface area contributed by atoms with Crippen LogP contribution in [0.15, 0.2) is 73.2 Å². The van der Waals surface area contributed by atoms with Gasteiger partial charge in [-0.2, -0.15) is 0 Å². The third kappa shape index (κ3) is 2.35. The molecule has 116 valence electrons. The Kier molecular flexibility index (Phi) is 3.54. The minimum atomic E-state index is 0.757. The van der Waals surface area contributed by atoms with Crippen LogP contribution in [0.2, 0.25) is 0 Å². The van der Waals surface area contributed by atoms with E-state index < -0.39 is 0 Å². The monoisotopic (exact) mass is 312 g/mol. The van der Waals surface area contributed by atoms with Gasteiger partial charge >= 0.3 is 0 Å². The molecular weight excluding hydrogens is 294 g/mol. The van der Waals surface area contributed by atoms with Crippen LogP contribution in [0.5, 0.6) is 0 Å². The van der Waals surface area contributed by atoms with E-state index in [2.05, 4.69) is 83.2 Å². The summed E-state index contributed by atoms with van der Waals surface area (Å²) in [7, 11) is 2.09. The standard InChI is InChI=1S/C21H18N3/c1-15-7-3-4-8-16(15)20-18-9-5-10-19(17(18)11-14-24(20)2)21-22-12-6-13-23-21/h3-14H,1-2H3/q+1. The molecule has 2 aromatic carbocycles. The normalized spacial score (nSPS) is 10.9. The van der Waals surface area contributed by atoms with E-state index in [4.69, 9.17) is 0 Å². The zero-order valence-electron chi connectivity index (χ0n) is 13.8. The molecule has 24 heavy (non-hydrogen) atoms. The van der Waals surface area contributed by atoms with Crippen molar-refractivity contribution in [2.24, 2.45) is 7.05 Å². The molecule has 0 aliphatic heterocycles. The van der Waals surface area contributed by atoms with Gasteiger partial charge in [0.05, 0.1) is 5.39 Å². The second-order valence-electron chi connectivity index (χ2n) is 5.93. The van der Waals surface area contributed by atoms with Gasteiger partial charge in [-0.1, -0.05) is 30.3 Å². The van der Waals surface area contributed by atoms with E-state index in [0.717, 1.165) is 11.4 Å². The van der Waals surface area contributed by atoms with Crippen LogP contribution in [0.1, 0.15) is 5.56 Å². The Bertz CT molecular complexity index is 1020. The Labute approximate surface area is 141 Å². The lowest BCUT2D eigenvalue weighted by molar-refractivity contribution is -0.659. The summed E-state index contributed by atoms with van der Waals surface area (Å²) in [5.41, 5.74) is 4.78. The number of aromatic nitrogens is 3. The van der Waals surface area contributed by atoms with Crippen LogP contribution in [-0.2, 0) is 7.05 Å². The van der Waals surface area contributed by atoms with Gasteiger partial charge in [0.2, 0.25) is 5.69 Å². The largest absolute Gasteiger partial charge is 0.237 e. The maximum Gasteiger partial charge on any atom is 0.220 e. The van der Waals surface area contributed by atoms with E-state index in [9.17, 15) is 0 Å². The number of benzene rings is 2. The van der Waals surface area contributed by atoms with Crippen molar-refractivity contribution in [3.63, 3.8) is 0 Å². The van der Waals surface area contributed by atoms with Gasteiger partial charge in [0, 0.05) is 35.0 Å². The van der Waals surface area contributed by atoms with Crippen molar-refractivity contribution < 1.29 is 4.57 Å². The van der Waals surface area contributed by atoms with Crippen molar-refractivity contribution in [1.29, 1.82) is 0 Å². The molecule has 0 atom stereocenters. The molecule has 4 rings (SSSR count). The average Bonchev–Trinajstić information content (AvgIpc) is 2.63. The van der Waals surface area contributed by atoms with Gasteiger partial charge in [0.15, 0.2) is 12.0 Å². The second-order valence-corrected chi connectivity index (χ2v) is 5.93. The van der Waals surface area contributed by atoms with Crippen molar-refractivity contribution in [3.05, 3.63) is 78.8 Å². The summed E-state index contributed by atoms with van der Waals surface area (Å²) in [5.74, 6) is 0.757.